The van der Waals surface area contributed by atoms with Crippen molar-refractivity contribution in [2.45, 2.75) is 40.3 Å². The second-order valence-corrected chi connectivity index (χ2v) is 7.64. The number of nitrogens with zero attached hydrogens (tertiary/aromatic N) is 3. The maximum absolute atomic E-state index is 13.0. The number of aryl methyl sites for hydroxylation is 2. The zero-order valence-corrected chi connectivity index (χ0v) is 16.8. The molecule has 3 aromatic heterocycles. The Morgan fingerprint density at radius 3 is 2.74 bits per heavy atom. The summed E-state index contributed by atoms with van der Waals surface area (Å²) < 4.78 is 5.59. The summed E-state index contributed by atoms with van der Waals surface area (Å²) in [6, 6.07) is 3.84. The van der Waals surface area contributed by atoms with Crippen molar-refractivity contribution in [1.29, 1.82) is 0 Å². The number of aliphatic hydroxyl groups is 1. The number of nitrogens with one attached hydrogen (secondary N) is 1. The minimum Gasteiger partial charge on any atom is -0.465 e. The van der Waals surface area contributed by atoms with Crippen LogP contribution in [0.2, 0.25) is 0 Å². The van der Waals surface area contributed by atoms with Crippen LogP contribution >= 0.6 is 11.3 Å². The Labute approximate surface area is 162 Å². The van der Waals surface area contributed by atoms with Crippen LogP contribution in [-0.2, 0) is 6.54 Å². The largest absolute Gasteiger partial charge is 0.465 e. The topological polar surface area (TPSA) is 91.5 Å². The molecule has 0 bridgehead atoms. The molecule has 3 rings (SSSR count). The summed E-state index contributed by atoms with van der Waals surface area (Å²) in [5, 5.41) is 13.4. The molecule has 2 N–H and O–H groups in total. The van der Waals surface area contributed by atoms with Crippen molar-refractivity contribution in [1.82, 2.24) is 14.9 Å². The molecule has 0 radical (unpaired) electrons. The lowest BCUT2D eigenvalue weighted by molar-refractivity contribution is 0.0670. The molecule has 8 heteroatoms. The quantitative estimate of drug-likeness (QED) is 0.645. The fourth-order valence-corrected chi connectivity index (χ4v) is 4.10. The first-order chi connectivity index (χ1) is 12.9. The summed E-state index contributed by atoms with van der Waals surface area (Å²) in [5.41, 5.74) is 0.849. The number of amides is 1. The number of hydrogen-bond donors (Lipinski definition) is 2. The molecule has 0 aromatic carbocycles. The number of anilines is 1. The van der Waals surface area contributed by atoms with Gasteiger partial charge >= 0.3 is 0 Å². The van der Waals surface area contributed by atoms with E-state index < -0.39 is 0 Å². The number of hydrogen-bond acceptors (Lipinski definition) is 7. The lowest BCUT2D eigenvalue weighted by Gasteiger charge is -2.25. The third-order valence-corrected chi connectivity index (χ3v) is 5.56. The van der Waals surface area contributed by atoms with Crippen molar-refractivity contribution in [2.75, 3.05) is 18.5 Å². The fourth-order valence-electron chi connectivity index (χ4n) is 2.99. The van der Waals surface area contributed by atoms with Crippen LogP contribution in [0.3, 0.4) is 0 Å². The number of carbonyl (C=O) groups is 1. The van der Waals surface area contributed by atoms with Crippen molar-refractivity contribution in [3.05, 3.63) is 40.4 Å². The van der Waals surface area contributed by atoms with Crippen molar-refractivity contribution in [2.24, 2.45) is 0 Å². The molecule has 144 valence electrons. The molecule has 0 unspecified atom stereocenters. The fraction of sp³-hybridized carbons (Fsp3) is 0.421. The Morgan fingerprint density at radius 2 is 2.11 bits per heavy atom. The zero-order chi connectivity index (χ0) is 19.6. The van der Waals surface area contributed by atoms with Crippen molar-refractivity contribution >= 4 is 33.3 Å². The SMILES string of the molecule is Cc1ccc(CNc2ncnc3sc(C(=O)N(CCO)C(C)C)c(C)c23)o1. The van der Waals surface area contributed by atoms with Crippen LogP contribution in [0.4, 0.5) is 5.82 Å². The third kappa shape index (κ3) is 3.96. The standard InChI is InChI=1S/C19H24N4O3S/c1-11(2)23(7-8-24)19(25)16-13(4)15-17(21-10-22-18(15)27-16)20-9-14-6-5-12(3)26-14/h5-6,10-11,24H,7-9H2,1-4H3,(H,20,21,22). The molecule has 0 aliphatic heterocycles. The Hall–Kier alpha value is -2.45. The van der Waals surface area contributed by atoms with Crippen LogP contribution in [0, 0.1) is 13.8 Å². The Balaban J connectivity index is 1.93. The van der Waals surface area contributed by atoms with Crippen LogP contribution in [0.25, 0.3) is 10.2 Å². The molecule has 3 aromatic rings. The summed E-state index contributed by atoms with van der Waals surface area (Å²) in [4.78, 5) is 24.8. The minimum atomic E-state index is -0.0906. The van der Waals surface area contributed by atoms with E-state index in [9.17, 15) is 9.90 Å². The lowest BCUT2D eigenvalue weighted by atomic mass is 10.1. The van der Waals surface area contributed by atoms with Crippen molar-refractivity contribution in [3.8, 4) is 0 Å². The van der Waals surface area contributed by atoms with Crippen molar-refractivity contribution < 1.29 is 14.3 Å². The van der Waals surface area contributed by atoms with E-state index in [2.05, 4.69) is 15.3 Å². The van der Waals surface area contributed by atoms with E-state index >= 15 is 0 Å². The number of thiophene rings is 1. The predicted octanol–water partition coefficient (Wildman–Crippen LogP) is 3.36. The van der Waals surface area contributed by atoms with E-state index in [1.54, 1.807) is 4.90 Å². The van der Waals surface area contributed by atoms with Gasteiger partial charge in [0.05, 0.1) is 23.4 Å². The molecule has 27 heavy (non-hydrogen) atoms. The lowest BCUT2D eigenvalue weighted by Crippen LogP contribution is -2.38. The highest BCUT2D eigenvalue weighted by Gasteiger charge is 2.25. The van der Waals surface area contributed by atoms with E-state index in [0.717, 1.165) is 27.3 Å². The van der Waals surface area contributed by atoms with E-state index in [4.69, 9.17) is 4.42 Å². The minimum absolute atomic E-state index is 0.000124. The average molecular weight is 388 g/mol. The molecule has 0 aliphatic carbocycles. The molecule has 0 saturated carbocycles. The first kappa shape index (κ1) is 19.3. The van der Waals surface area contributed by atoms with E-state index in [1.807, 2.05) is 39.8 Å². The predicted molar refractivity (Wildman–Crippen MR) is 106 cm³/mol. The average Bonchev–Trinajstić information content (AvgIpc) is 3.20. The highest BCUT2D eigenvalue weighted by Crippen LogP contribution is 2.34. The van der Waals surface area contributed by atoms with Gasteiger partial charge in [0, 0.05) is 12.6 Å². The monoisotopic (exact) mass is 388 g/mol. The van der Waals surface area contributed by atoms with Crippen LogP contribution in [-0.4, -0.2) is 45.1 Å². The number of rotatable bonds is 7. The van der Waals surface area contributed by atoms with E-state index in [1.165, 1.54) is 17.7 Å². The van der Waals surface area contributed by atoms with Gasteiger partial charge in [-0.15, -0.1) is 11.3 Å². The molecular formula is C19H24N4O3S. The molecule has 0 saturated heterocycles. The summed E-state index contributed by atoms with van der Waals surface area (Å²) in [6.45, 7) is 8.43. The number of furan rings is 1. The van der Waals surface area contributed by atoms with Gasteiger partial charge in [-0.3, -0.25) is 4.79 Å². The second kappa shape index (κ2) is 8.06. The number of carbonyl (C=O) groups excluding carboxylic acids is 1. The molecule has 3 heterocycles. The molecule has 0 atom stereocenters. The molecule has 0 fully saturated rings. The normalized spacial score (nSPS) is 11.3. The van der Waals surface area contributed by atoms with Gasteiger partial charge in [-0.1, -0.05) is 0 Å². The molecule has 7 nitrogen and oxygen atoms in total. The van der Waals surface area contributed by atoms with Crippen LogP contribution in [0.5, 0.6) is 0 Å². The van der Waals surface area contributed by atoms with Gasteiger partial charge in [0.2, 0.25) is 0 Å². The first-order valence-electron chi connectivity index (χ1n) is 8.87. The van der Waals surface area contributed by atoms with Gasteiger partial charge < -0.3 is 19.7 Å². The van der Waals surface area contributed by atoms with Gasteiger partial charge in [0.1, 0.15) is 28.5 Å². The molecule has 0 aliphatic rings. The summed E-state index contributed by atoms with van der Waals surface area (Å²) in [7, 11) is 0. The molecule has 1 amide bonds. The third-order valence-electron chi connectivity index (χ3n) is 4.37. The highest BCUT2D eigenvalue weighted by molar-refractivity contribution is 7.20. The van der Waals surface area contributed by atoms with Gasteiger partial charge in [0.25, 0.3) is 5.91 Å². The molecular weight excluding hydrogens is 364 g/mol. The number of fused-ring (bicyclic) bond motifs is 1. The number of aliphatic hydroxyl groups excluding tert-OH is 1. The Kier molecular flexibility index (Phi) is 5.76. The van der Waals surface area contributed by atoms with Crippen molar-refractivity contribution in [3.63, 3.8) is 0 Å². The smallest absolute Gasteiger partial charge is 0.264 e. The Morgan fingerprint density at radius 1 is 1.33 bits per heavy atom. The van der Waals surface area contributed by atoms with Gasteiger partial charge in [-0.2, -0.15) is 0 Å². The molecule has 0 spiro atoms. The maximum Gasteiger partial charge on any atom is 0.264 e. The maximum atomic E-state index is 13.0. The van der Waals surface area contributed by atoms with Gasteiger partial charge in [-0.05, 0) is 45.4 Å². The summed E-state index contributed by atoms with van der Waals surface area (Å²) in [6.07, 6.45) is 1.50. The van der Waals surface area contributed by atoms with Gasteiger partial charge in [-0.25, -0.2) is 9.97 Å². The first-order valence-corrected chi connectivity index (χ1v) is 9.69. The summed E-state index contributed by atoms with van der Waals surface area (Å²) in [5.74, 6) is 2.27. The summed E-state index contributed by atoms with van der Waals surface area (Å²) >= 11 is 1.36. The van der Waals surface area contributed by atoms with E-state index in [-0.39, 0.29) is 18.6 Å². The Bertz CT molecular complexity index is 948. The van der Waals surface area contributed by atoms with Crippen LogP contribution in [0.1, 0.15) is 40.6 Å². The van der Waals surface area contributed by atoms with E-state index in [0.29, 0.717) is 23.8 Å². The highest BCUT2D eigenvalue weighted by atomic mass is 32.1. The van der Waals surface area contributed by atoms with Crippen LogP contribution in [0.15, 0.2) is 22.9 Å². The number of aromatic nitrogens is 2. The van der Waals surface area contributed by atoms with Crippen LogP contribution < -0.4 is 5.32 Å². The van der Waals surface area contributed by atoms with Gasteiger partial charge in [0.15, 0.2) is 0 Å². The second-order valence-electron chi connectivity index (χ2n) is 6.64. The zero-order valence-electron chi connectivity index (χ0n) is 15.9.